The van der Waals surface area contributed by atoms with Crippen molar-refractivity contribution >= 4 is 11.5 Å². The number of rotatable bonds is 6. The van der Waals surface area contributed by atoms with E-state index in [0.29, 0.717) is 23.7 Å². The third-order valence-electron chi connectivity index (χ3n) is 6.70. The number of nitrogens with zero attached hydrogens (tertiary/aromatic N) is 3. The lowest BCUT2D eigenvalue weighted by Crippen LogP contribution is -2.54. The maximum atomic E-state index is 9.57. The predicted octanol–water partition coefficient (Wildman–Crippen LogP) is 3.98. The lowest BCUT2D eigenvalue weighted by atomic mass is 9.97. The minimum absolute atomic E-state index is 0.107. The second kappa shape index (κ2) is 12.1. The van der Waals surface area contributed by atoms with E-state index >= 15 is 0 Å². The van der Waals surface area contributed by atoms with E-state index < -0.39 is 0 Å². The molecule has 2 aliphatic heterocycles. The van der Waals surface area contributed by atoms with Crippen LogP contribution in [-0.4, -0.2) is 66.1 Å². The highest BCUT2D eigenvalue weighted by molar-refractivity contribution is 5.80. The van der Waals surface area contributed by atoms with Crippen LogP contribution in [0.3, 0.4) is 0 Å². The van der Waals surface area contributed by atoms with Crippen LogP contribution < -0.4 is 5.32 Å². The summed E-state index contributed by atoms with van der Waals surface area (Å²) in [5.74, 6) is 1.35. The minimum atomic E-state index is -0.107. The van der Waals surface area contributed by atoms with Crippen molar-refractivity contribution in [2.24, 2.45) is 5.92 Å². The number of nitriles is 1. The van der Waals surface area contributed by atoms with E-state index in [-0.39, 0.29) is 6.10 Å². The van der Waals surface area contributed by atoms with Gasteiger partial charge in [-0.15, -0.1) is 0 Å². The van der Waals surface area contributed by atoms with E-state index in [9.17, 15) is 5.11 Å². The molecule has 0 bridgehead atoms. The maximum Gasteiger partial charge on any atom is 0.0994 e. The van der Waals surface area contributed by atoms with Crippen molar-refractivity contribution in [1.29, 1.82) is 10.7 Å². The minimum Gasteiger partial charge on any atom is -0.393 e. The Morgan fingerprint density at radius 3 is 2.39 bits per heavy atom. The Labute approximate surface area is 187 Å². The molecule has 0 unspecified atom stereocenters. The molecule has 2 heterocycles. The Balaban J connectivity index is 0.000000478. The molecule has 0 aromatic heterocycles. The number of benzene rings is 1. The van der Waals surface area contributed by atoms with Crippen LogP contribution in [0.2, 0.25) is 0 Å². The smallest absolute Gasteiger partial charge is 0.0994 e. The molecule has 6 heteroatoms. The van der Waals surface area contributed by atoms with Crippen molar-refractivity contribution < 1.29 is 5.11 Å². The van der Waals surface area contributed by atoms with Gasteiger partial charge < -0.3 is 20.2 Å². The summed E-state index contributed by atoms with van der Waals surface area (Å²) in [6.45, 7) is 7.73. The van der Waals surface area contributed by atoms with Gasteiger partial charge in [0.1, 0.15) is 0 Å². The lowest BCUT2D eigenvalue weighted by Gasteiger charge is -2.44. The van der Waals surface area contributed by atoms with Crippen molar-refractivity contribution in [3.05, 3.63) is 29.3 Å². The second-order valence-electron chi connectivity index (χ2n) is 9.34. The van der Waals surface area contributed by atoms with Gasteiger partial charge in [-0.25, -0.2) is 0 Å². The van der Waals surface area contributed by atoms with Gasteiger partial charge in [-0.05, 0) is 43.5 Å². The summed E-state index contributed by atoms with van der Waals surface area (Å²) in [5.41, 5.74) is 2.68. The highest BCUT2D eigenvalue weighted by Crippen LogP contribution is 2.21. The number of hydrogen-bond acceptors (Lipinski definition) is 5. The number of aliphatic hydroxyl groups excluding tert-OH is 1. The number of aliphatic hydroxyl groups is 1. The number of piperidine rings is 1. The second-order valence-corrected chi connectivity index (χ2v) is 9.34. The first-order chi connectivity index (χ1) is 15.0. The Morgan fingerprint density at radius 2 is 1.81 bits per heavy atom. The third kappa shape index (κ3) is 7.52. The molecule has 4 rings (SSSR count). The van der Waals surface area contributed by atoms with Gasteiger partial charge in [0.2, 0.25) is 0 Å². The van der Waals surface area contributed by atoms with Crippen molar-refractivity contribution in [1.82, 2.24) is 9.80 Å². The normalized spacial score (nSPS) is 19.8. The number of likely N-dealkylation sites (tertiary alicyclic amines) is 2. The van der Waals surface area contributed by atoms with Crippen LogP contribution in [0.5, 0.6) is 0 Å². The first-order valence-electron chi connectivity index (χ1n) is 12.0. The van der Waals surface area contributed by atoms with Crippen molar-refractivity contribution in [3.8, 4) is 6.07 Å². The molecule has 0 amide bonds. The molecular formula is C25H39N5O. The van der Waals surface area contributed by atoms with Crippen LogP contribution in [-0.2, 0) is 0 Å². The molecule has 1 aliphatic carbocycles. The number of hydrogen-bond donors (Lipinski definition) is 3. The SMILES string of the molecule is C1CCCC1.Cc1cc(NCCC(=N)N2CC(CN3CCC(O)CC3)C2)ccc1C#N. The molecule has 3 fully saturated rings. The van der Waals surface area contributed by atoms with Crippen LogP contribution in [0.15, 0.2) is 18.2 Å². The zero-order valence-electron chi connectivity index (χ0n) is 19.1. The average Bonchev–Trinajstić information content (AvgIpc) is 3.32. The molecule has 170 valence electrons. The molecule has 6 nitrogen and oxygen atoms in total. The van der Waals surface area contributed by atoms with Crippen molar-refractivity contribution in [2.75, 3.05) is 44.6 Å². The topological polar surface area (TPSA) is 86.4 Å². The summed E-state index contributed by atoms with van der Waals surface area (Å²) in [6, 6.07) is 7.92. The Kier molecular flexibility index (Phi) is 9.17. The molecule has 0 spiro atoms. The number of amidine groups is 1. The summed E-state index contributed by atoms with van der Waals surface area (Å²) in [4.78, 5) is 4.61. The fourth-order valence-electron chi connectivity index (χ4n) is 4.64. The number of anilines is 1. The molecule has 0 atom stereocenters. The van der Waals surface area contributed by atoms with Crippen LogP contribution >= 0.6 is 0 Å². The van der Waals surface area contributed by atoms with Gasteiger partial charge in [0.05, 0.1) is 23.6 Å². The summed E-state index contributed by atoms with van der Waals surface area (Å²) in [6.07, 6.45) is 9.89. The van der Waals surface area contributed by atoms with Gasteiger partial charge in [-0.2, -0.15) is 5.26 Å². The van der Waals surface area contributed by atoms with Gasteiger partial charge in [0.25, 0.3) is 0 Å². The van der Waals surface area contributed by atoms with Gasteiger partial charge >= 0.3 is 0 Å². The highest BCUT2D eigenvalue weighted by Gasteiger charge is 2.30. The van der Waals surface area contributed by atoms with E-state index in [0.717, 1.165) is 63.4 Å². The third-order valence-corrected chi connectivity index (χ3v) is 6.70. The van der Waals surface area contributed by atoms with Gasteiger partial charge in [0.15, 0.2) is 0 Å². The summed E-state index contributed by atoms with van der Waals surface area (Å²) >= 11 is 0. The average molecular weight is 426 g/mol. The van der Waals surface area contributed by atoms with E-state index in [4.69, 9.17) is 10.7 Å². The van der Waals surface area contributed by atoms with Gasteiger partial charge in [-0.1, -0.05) is 32.1 Å². The van der Waals surface area contributed by atoms with Crippen molar-refractivity contribution in [3.63, 3.8) is 0 Å². The maximum absolute atomic E-state index is 9.57. The zero-order chi connectivity index (χ0) is 22.1. The Bertz CT molecular complexity index is 733. The van der Waals surface area contributed by atoms with E-state index in [1.807, 2.05) is 25.1 Å². The molecule has 0 radical (unpaired) electrons. The number of nitrogens with one attached hydrogen (secondary N) is 2. The first-order valence-corrected chi connectivity index (χ1v) is 12.0. The van der Waals surface area contributed by atoms with Crippen LogP contribution in [0.1, 0.15) is 62.5 Å². The molecule has 1 aromatic carbocycles. The monoisotopic (exact) mass is 425 g/mol. The molecule has 2 saturated heterocycles. The first kappa shape index (κ1) is 23.6. The quantitative estimate of drug-likeness (QED) is 0.474. The lowest BCUT2D eigenvalue weighted by molar-refractivity contribution is 0.0553. The molecule has 3 aliphatic rings. The molecular weight excluding hydrogens is 386 g/mol. The largest absolute Gasteiger partial charge is 0.393 e. The van der Waals surface area contributed by atoms with Crippen LogP contribution in [0.4, 0.5) is 5.69 Å². The van der Waals surface area contributed by atoms with Gasteiger partial charge in [-0.3, -0.25) is 5.41 Å². The van der Waals surface area contributed by atoms with E-state index in [1.165, 1.54) is 32.1 Å². The fraction of sp³-hybridized carbons (Fsp3) is 0.680. The van der Waals surface area contributed by atoms with E-state index in [1.54, 1.807) is 0 Å². The molecule has 3 N–H and O–H groups in total. The summed E-state index contributed by atoms with van der Waals surface area (Å²) in [7, 11) is 0. The number of aryl methyl sites for hydroxylation is 1. The van der Waals surface area contributed by atoms with Crippen LogP contribution in [0, 0.1) is 29.6 Å². The molecule has 1 aromatic rings. The van der Waals surface area contributed by atoms with Crippen molar-refractivity contribution in [2.45, 2.75) is 64.4 Å². The molecule has 31 heavy (non-hydrogen) atoms. The van der Waals surface area contributed by atoms with E-state index in [2.05, 4.69) is 21.2 Å². The molecule has 1 saturated carbocycles. The Hall–Kier alpha value is -2.10. The Morgan fingerprint density at radius 1 is 1.16 bits per heavy atom. The van der Waals surface area contributed by atoms with Gasteiger partial charge in [0, 0.05) is 57.3 Å². The summed E-state index contributed by atoms with van der Waals surface area (Å²) in [5, 5.41) is 30.1. The van der Waals surface area contributed by atoms with Crippen LogP contribution in [0.25, 0.3) is 0 Å². The standard InChI is InChI=1S/C20H29N5O.C5H10/c1-15-10-18(3-2-17(15)11-21)23-7-4-20(22)25-13-16(14-25)12-24-8-5-19(26)6-9-24;1-2-4-5-3-1/h2-3,10,16,19,22-23,26H,4-9,12-14H2,1H3;1-5H2. The zero-order valence-corrected chi connectivity index (χ0v) is 19.1. The summed E-state index contributed by atoms with van der Waals surface area (Å²) < 4.78 is 0. The fourth-order valence-corrected chi connectivity index (χ4v) is 4.64. The predicted molar refractivity (Wildman–Crippen MR) is 127 cm³/mol. The highest BCUT2D eigenvalue weighted by atomic mass is 16.3.